The quantitative estimate of drug-likeness (QED) is 0.548. The van der Waals surface area contributed by atoms with E-state index in [-0.39, 0.29) is 23.3 Å². The van der Waals surface area contributed by atoms with Gasteiger partial charge in [-0.25, -0.2) is 4.79 Å². The van der Waals surface area contributed by atoms with Crippen LogP contribution in [0.25, 0.3) is 0 Å². The van der Waals surface area contributed by atoms with E-state index in [1.54, 1.807) is 0 Å². The number of nitrogens with zero attached hydrogens (tertiary/aromatic N) is 1. The zero-order chi connectivity index (χ0) is 19.0. The third-order valence-corrected chi connectivity index (χ3v) is 5.35. The van der Waals surface area contributed by atoms with Crippen molar-refractivity contribution in [3.8, 4) is 0 Å². The van der Waals surface area contributed by atoms with Crippen molar-refractivity contribution in [2.24, 2.45) is 0 Å². The summed E-state index contributed by atoms with van der Waals surface area (Å²) in [4.78, 5) is 27.2. The lowest BCUT2D eigenvalue weighted by molar-refractivity contribution is 0.546. The van der Waals surface area contributed by atoms with Crippen LogP contribution in [0.3, 0.4) is 0 Å². The van der Waals surface area contributed by atoms with E-state index in [0.29, 0.717) is 5.82 Å². The molecule has 2 rings (SSSR count). The number of nitrogens with one attached hydrogen (secondary N) is 2. The SMILES string of the molecule is Bc1c(B)c(B)c([C@H](C)Nc2cc(=O)n(C(C)C)c(=O)[nH]2)c(B)c1B. The lowest BCUT2D eigenvalue weighted by atomic mass is 9.59. The minimum atomic E-state index is -0.387. The van der Waals surface area contributed by atoms with Gasteiger partial charge in [0.15, 0.2) is 0 Å². The first-order valence-corrected chi connectivity index (χ1v) is 8.75. The molecule has 0 aliphatic rings. The maximum atomic E-state index is 12.2. The van der Waals surface area contributed by atoms with E-state index < -0.39 is 0 Å². The van der Waals surface area contributed by atoms with Crippen molar-refractivity contribution in [1.29, 1.82) is 0 Å². The van der Waals surface area contributed by atoms with Gasteiger partial charge in [0.2, 0.25) is 0 Å². The van der Waals surface area contributed by atoms with E-state index in [2.05, 4.69) is 56.5 Å². The summed E-state index contributed by atoms with van der Waals surface area (Å²) in [5.74, 6) is 0.453. The second-order valence-corrected chi connectivity index (χ2v) is 7.19. The molecule has 0 fully saturated rings. The molecule has 10 heteroatoms. The highest BCUT2D eigenvalue weighted by molar-refractivity contribution is 6.67. The fraction of sp³-hybridized carbons (Fsp3) is 0.333. The van der Waals surface area contributed by atoms with Gasteiger partial charge < -0.3 is 5.32 Å². The maximum absolute atomic E-state index is 12.2. The molecule has 1 heterocycles. The van der Waals surface area contributed by atoms with Gasteiger partial charge in [-0.1, -0.05) is 10.9 Å². The third kappa shape index (κ3) is 3.53. The van der Waals surface area contributed by atoms with E-state index in [1.165, 1.54) is 43.5 Å². The number of anilines is 1. The fourth-order valence-electron chi connectivity index (χ4n) is 3.56. The van der Waals surface area contributed by atoms with Crippen LogP contribution < -0.4 is 43.9 Å². The van der Waals surface area contributed by atoms with Crippen molar-refractivity contribution in [2.75, 3.05) is 5.32 Å². The van der Waals surface area contributed by atoms with Crippen LogP contribution in [0.4, 0.5) is 5.82 Å². The van der Waals surface area contributed by atoms with Crippen molar-refractivity contribution >= 4 is 72.4 Å². The van der Waals surface area contributed by atoms with Crippen LogP contribution in [0.2, 0.25) is 0 Å². The van der Waals surface area contributed by atoms with Gasteiger partial charge in [-0.3, -0.25) is 14.3 Å². The molecule has 0 radical (unpaired) electrons. The number of H-pyrrole nitrogens is 1. The standard InChI is InChI=1S/C15H24B5N3O2/c1-5(2)23-8(24)4-7(22-15(23)25)21-6(3)9-10(16)12(18)14(20)13(19)11(9)17/h4-6,21H,16-20H2,1-3H3,(H,22,25)/t6-/m0/s1. The minimum Gasteiger partial charge on any atom is -0.365 e. The zero-order valence-corrected chi connectivity index (χ0v) is 16.5. The van der Waals surface area contributed by atoms with Crippen LogP contribution >= 0.6 is 0 Å². The van der Waals surface area contributed by atoms with Gasteiger partial charge in [-0.15, -0.1) is 16.4 Å². The second-order valence-electron chi connectivity index (χ2n) is 7.19. The topological polar surface area (TPSA) is 66.9 Å². The molecule has 126 valence electrons. The molecule has 0 unspecified atom stereocenters. The number of aromatic amines is 1. The predicted octanol–water partition coefficient (Wildman–Crippen LogP) is -6.42. The van der Waals surface area contributed by atoms with E-state index in [0.717, 1.165) is 0 Å². The third-order valence-electron chi connectivity index (χ3n) is 5.35. The first kappa shape index (κ1) is 19.4. The fourth-order valence-corrected chi connectivity index (χ4v) is 3.56. The average molecular weight is 332 g/mol. The summed E-state index contributed by atoms with van der Waals surface area (Å²) < 4.78 is 1.21. The van der Waals surface area contributed by atoms with Gasteiger partial charge >= 0.3 is 5.69 Å². The first-order valence-electron chi connectivity index (χ1n) is 8.75. The zero-order valence-electron chi connectivity index (χ0n) is 16.5. The van der Waals surface area contributed by atoms with Crippen molar-refractivity contribution in [3.05, 3.63) is 32.5 Å². The Morgan fingerprint density at radius 3 is 1.84 bits per heavy atom. The maximum Gasteiger partial charge on any atom is 0.330 e. The number of hydrogen-bond acceptors (Lipinski definition) is 3. The monoisotopic (exact) mass is 333 g/mol. The van der Waals surface area contributed by atoms with Crippen molar-refractivity contribution < 1.29 is 0 Å². The summed E-state index contributed by atoms with van der Waals surface area (Å²) in [6.45, 7) is 5.68. The Morgan fingerprint density at radius 2 is 1.40 bits per heavy atom. The highest BCUT2D eigenvalue weighted by Crippen LogP contribution is 2.11. The van der Waals surface area contributed by atoms with E-state index >= 15 is 0 Å². The Bertz CT molecular complexity index is 876. The Hall–Kier alpha value is -1.98. The Morgan fingerprint density at radius 1 is 0.920 bits per heavy atom. The van der Waals surface area contributed by atoms with Gasteiger partial charge in [0, 0.05) is 18.2 Å². The average Bonchev–Trinajstić information content (AvgIpc) is 2.50. The van der Waals surface area contributed by atoms with Gasteiger partial charge in [0.25, 0.3) is 5.56 Å². The molecule has 1 aromatic heterocycles. The lowest BCUT2D eigenvalue weighted by Gasteiger charge is -2.25. The van der Waals surface area contributed by atoms with Crippen LogP contribution in [-0.4, -0.2) is 48.8 Å². The largest absolute Gasteiger partial charge is 0.365 e. The molecule has 2 N–H and O–H groups in total. The molecule has 1 atom stereocenters. The summed E-state index contributed by atoms with van der Waals surface area (Å²) in [6.07, 6.45) is 0. The molecule has 0 saturated carbocycles. The van der Waals surface area contributed by atoms with Crippen LogP contribution in [-0.2, 0) is 0 Å². The molecule has 2 aromatic rings. The van der Waals surface area contributed by atoms with Gasteiger partial charge in [0.1, 0.15) is 45.0 Å². The highest BCUT2D eigenvalue weighted by atomic mass is 16.2. The van der Waals surface area contributed by atoms with E-state index in [4.69, 9.17) is 0 Å². The molecular weight excluding hydrogens is 308 g/mol. The van der Waals surface area contributed by atoms with Crippen molar-refractivity contribution in [3.63, 3.8) is 0 Å². The molecule has 0 aliphatic heterocycles. The number of rotatable bonds is 4. The summed E-state index contributed by atoms with van der Waals surface area (Å²) in [7, 11) is 10.7. The molecular formula is C15H24B5N3O2. The molecule has 0 aliphatic carbocycles. The molecule has 0 bridgehead atoms. The predicted molar refractivity (Wildman–Crippen MR) is 121 cm³/mol. The Labute approximate surface area is 153 Å². The second kappa shape index (κ2) is 7.10. The molecule has 5 nitrogen and oxygen atoms in total. The Balaban J connectivity index is 2.47. The highest BCUT2D eigenvalue weighted by Gasteiger charge is 2.17. The summed E-state index contributed by atoms with van der Waals surface area (Å²) in [6, 6.07) is 1.26. The number of benzene rings is 1. The van der Waals surface area contributed by atoms with Crippen LogP contribution in [0, 0.1) is 0 Å². The van der Waals surface area contributed by atoms with Crippen LogP contribution in [0.1, 0.15) is 38.4 Å². The van der Waals surface area contributed by atoms with Gasteiger partial charge in [-0.2, -0.15) is 0 Å². The molecule has 0 spiro atoms. The summed E-state index contributed by atoms with van der Waals surface area (Å²) >= 11 is 0. The van der Waals surface area contributed by atoms with Crippen molar-refractivity contribution in [2.45, 2.75) is 32.9 Å². The lowest BCUT2D eigenvalue weighted by Crippen LogP contribution is -2.57. The van der Waals surface area contributed by atoms with Crippen LogP contribution in [0.5, 0.6) is 0 Å². The number of aromatic nitrogens is 2. The summed E-state index contributed by atoms with van der Waals surface area (Å²) in [5, 5.41) is 3.29. The van der Waals surface area contributed by atoms with Gasteiger partial charge in [0.05, 0.1) is 0 Å². The molecule has 25 heavy (non-hydrogen) atoms. The number of hydrogen-bond donors (Lipinski definition) is 2. The smallest absolute Gasteiger partial charge is 0.330 e. The van der Waals surface area contributed by atoms with Crippen molar-refractivity contribution in [1.82, 2.24) is 9.55 Å². The summed E-state index contributed by atoms with van der Waals surface area (Å²) in [5.41, 5.74) is 6.93. The molecule has 1 aromatic carbocycles. The van der Waals surface area contributed by atoms with E-state index in [9.17, 15) is 9.59 Å². The van der Waals surface area contributed by atoms with Crippen LogP contribution in [0.15, 0.2) is 15.7 Å². The minimum absolute atomic E-state index is 0.0250. The van der Waals surface area contributed by atoms with Gasteiger partial charge in [-0.05, 0) is 26.3 Å². The van der Waals surface area contributed by atoms with E-state index in [1.807, 2.05) is 13.8 Å². The molecule has 0 amide bonds. The Kier molecular flexibility index (Phi) is 5.50. The molecule has 0 saturated heterocycles. The normalized spacial score (nSPS) is 12.3. The first-order chi connectivity index (χ1) is 11.6.